The smallest absolute Gasteiger partial charge is 0.336 e. The van der Waals surface area contributed by atoms with Crippen molar-refractivity contribution >= 4 is 40.2 Å². The van der Waals surface area contributed by atoms with Crippen molar-refractivity contribution in [3.63, 3.8) is 0 Å². The Bertz CT molecular complexity index is 1270. The lowest BCUT2D eigenvalue weighted by Gasteiger charge is -2.12. The number of nitrogens with zero attached hydrogens (tertiary/aromatic N) is 3. The van der Waals surface area contributed by atoms with Gasteiger partial charge in [-0.25, -0.2) is 14.8 Å². The minimum atomic E-state index is -0.997. The Morgan fingerprint density at radius 3 is 2.55 bits per heavy atom. The lowest BCUT2D eigenvalue weighted by atomic mass is 10.0. The number of hydrogen-bond acceptors (Lipinski definition) is 5. The molecule has 156 valence electrons. The fourth-order valence-corrected chi connectivity index (χ4v) is 3.98. The average Bonchev–Trinajstić information content (AvgIpc) is 3.17. The molecule has 2 aromatic heterocycles. The number of benzene rings is 2. The van der Waals surface area contributed by atoms with E-state index in [4.69, 9.17) is 0 Å². The summed E-state index contributed by atoms with van der Waals surface area (Å²) in [5.41, 5.74) is 2.81. The molecule has 31 heavy (non-hydrogen) atoms. The van der Waals surface area contributed by atoms with Crippen LogP contribution in [0, 0.1) is 0 Å². The molecule has 4 aromatic rings. The van der Waals surface area contributed by atoms with E-state index in [1.54, 1.807) is 42.6 Å². The van der Waals surface area contributed by atoms with Crippen LogP contribution in [0.5, 0.6) is 0 Å². The van der Waals surface area contributed by atoms with Gasteiger partial charge < -0.3 is 15.0 Å². The minimum Gasteiger partial charge on any atom is -0.478 e. The summed E-state index contributed by atoms with van der Waals surface area (Å²) in [5.74, 6) is -1.12. The molecule has 0 aliphatic heterocycles. The molecule has 0 aliphatic carbocycles. The van der Waals surface area contributed by atoms with Crippen LogP contribution >= 0.6 is 11.8 Å². The Kier molecular flexibility index (Phi) is 5.73. The first-order valence-electron chi connectivity index (χ1n) is 9.61. The predicted octanol–water partition coefficient (Wildman–Crippen LogP) is 4.45. The Balaban J connectivity index is 1.52. The molecule has 2 heterocycles. The summed E-state index contributed by atoms with van der Waals surface area (Å²) in [6, 6.07) is 15.9. The van der Waals surface area contributed by atoms with Crippen LogP contribution in [0.1, 0.15) is 17.3 Å². The number of amides is 1. The minimum absolute atomic E-state index is 0.127. The molecule has 2 N–H and O–H groups in total. The highest BCUT2D eigenvalue weighted by Crippen LogP contribution is 2.27. The molecule has 8 heteroatoms. The maximum atomic E-state index is 12.5. The van der Waals surface area contributed by atoms with E-state index in [1.165, 1.54) is 11.8 Å². The average molecular weight is 433 g/mol. The number of thioether (sulfide) groups is 1. The number of aromatic nitrogens is 3. The largest absolute Gasteiger partial charge is 0.478 e. The summed E-state index contributed by atoms with van der Waals surface area (Å²) < 4.78 is 1.87. The number of rotatable bonds is 6. The van der Waals surface area contributed by atoms with Crippen molar-refractivity contribution in [2.24, 2.45) is 7.05 Å². The number of imidazole rings is 1. The van der Waals surface area contributed by atoms with E-state index < -0.39 is 5.97 Å². The molecule has 0 radical (unpaired) electrons. The molecular formula is C23H20N4O3S. The number of carboxylic acid groups (broad SMARTS) is 1. The number of pyridine rings is 1. The van der Waals surface area contributed by atoms with E-state index in [9.17, 15) is 14.7 Å². The van der Waals surface area contributed by atoms with E-state index in [1.807, 2.05) is 42.9 Å². The molecular weight excluding hydrogens is 412 g/mol. The van der Waals surface area contributed by atoms with Crippen molar-refractivity contribution in [1.82, 2.24) is 14.5 Å². The van der Waals surface area contributed by atoms with Gasteiger partial charge in [0.1, 0.15) is 0 Å². The van der Waals surface area contributed by atoms with Crippen molar-refractivity contribution < 1.29 is 14.7 Å². The topological polar surface area (TPSA) is 97.1 Å². The molecule has 0 aliphatic rings. The zero-order valence-corrected chi connectivity index (χ0v) is 17.8. The zero-order chi connectivity index (χ0) is 22.0. The van der Waals surface area contributed by atoms with E-state index in [0.717, 1.165) is 10.7 Å². The number of carbonyl (C=O) groups excluding carboxylic acids is 1. The summed E-state index contributed by atoms with van der Waals surface area (Å²) in [6.45, 7) is 1.83. The van der Waals surface area contributed by atoms with Crippen LogP contribution in [0.4, 0.5) is 5.69 Å². The summed E-state index contributed by atoms with van der Waals surface area (Å²) in [6.07, 6.45) is 3.53. The first kappa shape index (κ1) is 20.6. The Morgan fingerprint density at radius 1 is 1.13 bits per heavy atom. The number of anilines is 1. The molecule has 4 rings (SSSR count). The van der Waals surface area contributed by atoms with Crippen molar-refractivity contribution in [2.75, 3.05) is 5.32 Å². The Hall–Kier alpha value is -3.65. The van der Waals surface area contributed by atoms with Gasteiger partial charge in [-0.05, 0) is 31.2 Å². The van der Waals surface area contributed by atoms with Gasteiger partial charge in [0.05, 0.1) is 22.0 Å². The van der Waals surface area contributed by atoms with Crippen LogP contribution in [0.15, 0.2) is 72.1 Å². The van der Waals surface area contributed by atoms with Crippen LogP contribution in [0.25, 0.3) is 22.2 Å². The van der Waals surface area contributed by atoms with Gasteiger partial charge in [0, 0.05) is 36.1 Å². The molecule has 2 aromatic carbocycles. The third kappa shape index (κ3) is 4.44. The lowest BCUT2D eigenvalue weighted by Crippen LogP contribution is -2.22. The van der Waals surface area contributed by atoms with Gasteiger partial charge in [0.2, 0.25) is 5.91 Å². The van der Waals surface area contributed by atoms with Crippen LogP contribution in [0.2, 0.25) is 0 Å². The van der Waals surface area contributed by atoms with Gasteiger partial charge in [0.25, 0.3) is 0 Å². The number of nitrogens with one attached hydrogen (secondary N) is 1. The van der Waals surface area contributed by atoms with Crippen LogP contribution in [0.3, 0.4) is 0 Å². The zero-order valence-electron chi connectivity index (χ0n) is 16.9. The molecule has 1 amide bonds. The monoisotopic (exact) mass is 432 g/mol. The molecule has 1 atom stereocenters. The third-order valence-corrected chi connectivity index (χ3v) is 6.00. The molecule has 0 saturated carbocycles. The van der Waals surface area contributed by atoms with E-state index in [0.29, 0.717) is 22.3 Å². The van der Waals surface area contributed by atoms with Gasteiger partial charge in [-0.1, -0.05) is 42.1 Å². The highest BCUT2D eigenvalue weighted by Gasteiger charge is 2.17. The number of aryl methyl sites for hydroxylation is 1. The predicted molar refractivity (Wildman–Crippen MR) is 121 cm³/mol. The van der Waals surface area contributed by atoms with Gasteiger partial charge in [-0.3, -0.25) is 4.79 Å². The van der Waals surface area contributed by atoms with Gasteiger partial charge in [-0.15, -0.1) is 0 Å². The number of hydrogen-bond donors (Lipinski definition) is 2. The standard InChI is InChI=1S/C23H20N4O3S/c1-14(31-23-24-11-12-27(23)2)21(28)25-16-9-7-15(8-10-16)20-13-18(22(29)30)17-5-3-4-6-19(17)26-20/h3-14H,1-2H3,(H,25,28)(H,29,30). The first-order valence-corrected chi connectivity index (χ1v) is 10.5. The molecule has 0 saturated heterocycles. The molecule has 0 fully saturated rings. The summed E-state index contributed by atoms with van der Waals surface area (Å²) in [7, 11) is 1.88. The van der Waals surface area contributed by atoms with Crippen molar-refractivity contribution in [2.45, 2.75) is 17.3 Å². The summed E-state index contributed by atoms with van der Waals surface area (Å²) in [4.78, 5) is 33.0. The number of carboxylic acids is 1. The maximum absolute atomic E-state index is 12.5. The lowest BCUT2D eigenvalue weighted by molar-refractivity contribution is -0.115. The fourth-order valence-electron chi connectivity index (χ4n) is 3.15. The van der Waals surface area contributed by atoms with E-state index in [-0.39, 0.29) is 16.7 Å². The summed E-state index contributed by atoms with van der Waals surface area (Å²) in [5, 5.41) is 13.5. The van der Waals surface area contributed by atoms with Crippen molar-refractivity contribution in [3.8, 4) is 11.3 Å². The SMILES string of the molecule is CC(Sc1nccn1C)C(=O)Nc1ccc(-c2cc(C(=O)O)c3ccccc3n2)cc1. The van der Waals surface area contributed by atoms with Crippen LogP contribution in [-0.2, 0) is 11.8 Å². The highest BCUT2D eigenvalue weighted by molar-refractivity contribution is 8.00. The van der Waals surface area contributed by atoms with Crippen LogP contribution in [-0.4, -0.2) is 36.8 Å². The second-order valence-electron chi connectivity index (χ2n) is 7.02. The van der Waals surface area contributed by atoms with Gasteiger partial charge in [-0.2, -0.15) is 0 Å². The molecule has 0 spiro atoms. The molecule has 1 unspecified atom stereocenters. The quantitative estimate of drug-likeness (QED) is 0.437. The van der Waals surface area contributed by atoms with E-state index >= 15 is 0 Å². The number of carbonyl (C=O) groups is 2. The third-order valence-electron chi connectivity index (χ3n) is 4.82. The number of para-hydroxylation sites is 1. The molecule has 7 nitrogen and oxygen atoms in total. The van der Waals surface area contributed by atoms with Crippen molar-refractivity contribution in [1.29, 1.82) is 0 Å². The second kappa shape index (κ2) is 8.61. The highest BCUT2D eigenvalue weighted by atomic mass is 32.2. The fraction of sp³-hybridized carbons (Fsp3) is 0.130. The van der Waals surface area contributed by atoms with Crippen LogP contribution < -0.4 is 5.32 Å². The number of fused-ring (bicyclic) bond motifs is 1. The molecule has 0 bridgehead atoms. The Morgan fingerprint density at radius 2 is 1.87 bits per heavy atom. The van der Waals surface area contributed by atoms with E-state index in [2.05, 4.69) is 15.3 Å². The maximum Gasteiger partial charge on any atom is 0.336 e. The van der Waals surface area contributed by atoms with Gasteiger partial charge >= 0.3 is 5.97 Å². The Labute approximate surface area is 183 Å². The first-order chi connectivity index (χ1) is 14.9. The second-order valence-corrected chi connectivity index (χ2v) is 8.33. The van der Waals surface area contributed by atoms with Crippen molar-refractivity contribution in [3.05, 3.63) is 72.6 Å². The van der Waals surface area contributed by atoms with Gasteiger partial charge in [0.15, 0.2) is 5.16 Å². The number of aromatic carboxylic acids is 1. The normalized spacial score (nSPS) is 11.9. The summed E-state index contributed by atoms with van der Waals surface area (Å²) >= 11 is 1.38.